The molecule has 2 saturated heterocycles. The van der Waals surface area contributed by atoms with Crippen LogP contribution in [0.1, 0.15) is 38.1 Å². The molecule has 3 heterocycles. The molecule has 1 aromatic heterocycles. The summed E-state index contributed by atoms with van der Waals surface area (Å²) in [4.78, 5) is 14.5. The molecule has 7 nitrogen and oxygen atoms in total. The van der Waals surface area contributed by atoms with Gasteiger partial charge in [0.25, 0.3) is 0 Å². The van der Waals surface area contributed by atoms with E-state index < -0.39 is 0 Å². The lowest BCUT2D eigenvalue weighted by molar-refractivity contribution is 0.0530. The molecule has 0 atom stereocenters. The number of rotatable bonds is 6. The number of guanidine groups is 1. The van der Waals surface area contributed by atoms with E-state index in [1.807, 2.05) is 0 Å². The number of aryl methyl sites for hydroxylation is 1. The van der Waals surface area contributed by atoms with Gasteiger partial charge in [0.15, 0.2) is 5.96 Å². The van der Waals surface area contributed by atoms with Gasteiger partial charge < -0.3 is 19.9 Å². The van der Waals surface area contributed by atoms with Crippen LogP contribution in [0.15, 0.2) is 35.3 Å². The molecular formula is C23H35IN6OS. The number of benzene rings is 1. The second-order valence-electron chi connectivity index (χ2n) is 8.25. The first-order chi connectivity index (χ1) is 15.2. The van der Waals surface area contributed by atoms with Gasteiger partial charge in [-0.3, -0.25) is 4.99 Å². The number of halogens is 1. The van der Waals surface area contributed by atoms with E-state index in [1.165, 1.54) is 17.1 Å². The van der Waals surface area contributed by atoms with Crippen LogP contribution < -0.4 is 10.2 Å². The Hall–Kier alpha value is -1.46. The Morgan fingerprint density at radius 2 is 1.84 bits per heavy atom. The second kappa shape index (κ2) is 12.1. The van der Waals surface area contributed by atoms with E-state index in [0.717, 1.165) is 88.7 Å². The lowest BCUT2D eigenvalue weighted by Gasteiger charge is -2.39. The minimum Gasteiger partial charge on any atom is -0.381 e. The summed E-state index contributed by atoms with van der Waals surface area (Å²) in [5.41, 5.74) is 1.44. The summed E-state index contributed by atoms with van der Waals surface area (Å²) >= 11 is 1.52. The van der Waals surface area contributed by atoms with Gasteiger partial charge in [0.05, 0.1) is 6.54 Å². The molecule has 2 fully saturated rings. The van der Waals surface area contributed by atoms with E-state index in [9.17, 15) is 0 Å². The fourth-order valence-electron chi connectivity index (χ4n) is 4.37. The number of hydrogen-bond donors (Lipinski definition) is 1. The minimum atomic E-state index is 0. The summed E-state index contributed by atoms with van der Waals surface area (Å²) < 4.78 is 10.1. The molecule has 0 spiro atoms. The molecule has 0 aliphatic carbocycles. The number of nitrogens with zero attached hydrogens (tertiary/aromatic N) is 5. The molecule has 176 valence electrons. The van der Waals surface area contributed by atoms with Crippen LogP contribution in [0.4, 0.5) is 5.13 Å². The van der Waals surface area contributed by atoms with Crippen LogP contribution in [0.25, 0.3) is 0 Å². The van der Waals surface area contributed by atoms with Gasteiger partial charge >= 0.3 is 0 Å². The molecular weight excluding hydrogens is 535 g/mol. The third kappa shape index (κ3) is 5.91. The lowest BCUT2D eigenvalue weighted by Crippen LogP contribution is -2.53. The van der Waals surface area contributed by atoms with E-state index in [4.69, 9.17) is 9.73 Å². The van der Waals surface area contributed by atoms with Crippen molar-refractivity contribution in [1.29, 1.82) is 0 Å². The molecule has 2 aromatic rings. The van der Waals surface area contributed by atoms with Crippen molar-refractivity contribution in [3.8, 4) is 0 Å². The first-order valence-corrected chi connectivity index (χ1v) is 12.3. The number of aliphatic imine (C=N–C) groups is 1. The van der Waals surface area contributed by atoms with Gasteiger partial charge in [0, 0.05) is 69.3 Å². The number of hydrogen-bond acceptors (Lipinski definition) is 6. The van der Waals surface area contributed by atoms with Gasteiger partial charge in [0.1, 0.15) is 5.82 Å². The van der Waals surface area contributed by atoms with Crippen LogP contribution >= 0.6 is 35.5 Å². The molecule has 2 aliphatic rings. The zero-order valence-electron chi connectivity index (χ0n) is 19.1. The summed E-state index contributed by atoms with van der Waals surface area (Å²) in [5, 5.41) is 4.57. The van der Waals surface area contributed by atoms with Crippen molar-refractivity contribution in [3.05, 3.63) is 41.7 Å². The van der Waals surface area contributed by atoms with Crippen molar-refractivity contribution in [2.75, 3.05) is 57.4 Å². The van der Waals surface area contributed by atoms with Gasteiger partial charge in [-0.25, -0.2) is 4.98 Å². The SMILES string of the molecule is CCNC(=NCC1(c2ccccc2)CCOCC1)N1CCN(c2nc(CC)ns2)CC1.I. The molecule has 32 heavy (non-hydrogen) atoms. The Labute approximate surface area is 212 Å². The first-order valence-electron chi connectivity index (χ1n) is 11.5. The van der Waals surface area contributed by atoms with Crippen molar-refractivity contribution in [2.45, 2.75) is 38.5 Å². The Morgan fingerprint density at radius 1 is 1.12 bits per heavy atom. The van der Waals surface area contributed by atoms with Crippen molar-refractivity contribution in [2.24, 2.45) is 4.99 Å². The molecule has 0 radical (unpaired) electrons. The van der Waals surface area contributed by atoms with Crippen LogP contribution in [0.2, 0.25) is 0 Å². The molecule has 4 rings (SSSR count). The summed E-state index contributed by atoms with van der Waals surface area (Å²) in [5.74, 6) is 1.97. The van der Waals surface area contributed by atoms with E-state index in [-0.39, 0.29) is 29.4 Å². The third-order valence-corrected chi connectivity index (χ3v) is 7.14. The van der Waals surface area contributed by atoms with Gasteiger partial charge in [-0.15, -0.1) is 24.0 Å². The van der Waals surface area contributed by atoms with Crippen LogP contribution in [0.3, 0.4) is 0 Å². The Kier molecular flexibility index (Phi) is 9.54. The van der Waals surface area contributed by atoms with Gasteiger partial charge in [-0.2, -0.15) is 4.37 Å². The number of piperazine rings is 1. The average molecular weight is 571 g/mol. The number of nitrogens with one attached hydrogen (secondary N) is 1. The zero-order valence-corrected chi connectivity index (χ0v) is 22.3. The van der Waals surface area contributed by atoms with Crippen LogP contribution in [-0.4, -0.2) is 72.7 Å². The van der Waals surface area contributed by atoms with Crippen molar-refractivity contribution < 1.29 is 4.74 Å². The Bertz CT molecular complexity index is 847. The summed E-state index contributed by atoms with van der Waals surface area (Å²) in [6, 6.07) is 10.9. The standard InChI is InChI=1S/C23H34N6OS.HI/c1-3-20-26-22(31-27-20)29-14-12-28(13-15-29)21(24-4-2)25-18-23(10-16-30-17-11-23)19-8-6-5-7-9-19;/h5-9H,3-4,10-18H2,1-2H3,(H,24,25);1H. The molecule has 1 N–H and O–H groups in total. The summed E-state index contributed by atoms with van der Waals surface area (Å²) in [7, 11) is 0. The van der Waals surface area contributed by atoms with E-state index >= 15 is 0 Å². The normalized spacial score (nSPS) is 18.9. The smallest absolute Gasteiger partial charge is 0.205 e. The maximum absolute atomic E-state index is 5.69. The van der Waals surface area contributed by atoms with Crippen LogP contribution in [-0.2, 0) is 16.6 Å². The molecule has 0 saturated carbocycles. The zero-order chi connectivity index (χ0) is 21.5. The fourth-order valence-corrected chi connectivity index (χ4v) is 5.17. The Balaban J connectivity index is 0.00000289. The van der Waals surface area contributed by atoms with Crippen molar-refractivity contribution in [3.63, 3.8) is 0 Å². The van der Waals surface area contributed by atoms with E-state index in [1.54, 1.807) is 0 Å². The summed E-state index contributed by atoms with van der Waals surface area (Å²) in [6.45, 7) is 11.3. The Morgan fingerprint density at radius 3 is 2.47 bits per heavy atom. The summed E-state index contributed by atoms with van der Waals surface area (Å²) in [6.07, 6.45) is 2.93. The molecule has 0 amide bonds. The predicted octanol–water partition coefficient (Wildman–Crippen LogP) is 3.55. The molecule has 9 heteroatoms. The second-order valence-corrected chi connectivity index (χ2v) is 8.98. The maximum Gasteiger partial charge on any atom is 0.205 e. The van der Waals surface area contributed by atoms with Crippen molar-refractivity contribution in [1.82, 2.24) is 19.6 Å². The van der Waals surface area contributed by atoms with E-state index in [2.05, 4.69) is 68.7 Å². The largest absolute Gasteiger partial charge is 0.381 e. The highest BCUT2D eigenvalue weighted by atomic mass is 127. The monoisotopic (exact) mass is 570 g/mol. The maximum atomic E-state index is 5.69. The highest BCUT2D eigenvalue weighted by Gasteiger charge is 2.34. The van der Waals surface area contributed by atoms with E-state index in [0.29, 0.717) is 0 Å². The van der Waals surface area contributed by atoms with Crippen molar-refractivity contribution >= 4 is 46.6 Å². The number of aromatic nitrogens is 2. The fraction of sp³-hybridized carbons (Fsp3) is 0.609. The minimum absolute atomic E-state index is 0. The van der Waals surface area contributed by atoms with Gasteiger partial charge in [0.2, 0.25) is 5.13 Å². The first kappa shape index (κ1) is 25.2. The highest BCUT2D eigenvalue weighted by Crippen LogP contribution is 2.35. The van der Waals surface area contributed by atoms with Gasteiger partial charge in [-0.05, 0) is 25.3 Å². The van der Waals surface area contributed by atoms with Crippen LogP contribution in [0.5, 0.6) is 0 Å². The van der Waals surface area contributed by atoms with Gasteiger partial charge in [-0.1, -0.05) is 37.3 Å². The molecule has 2 aliphatic heterocycles. The van der Waals surface area contributed by atoms with Crippen LogP contribution in [0, 0.1) is 0 Å². The molecule has 0 bridgehead atoms. The quantitative estimate of drug-likeness (QED) is 0.326. The average Bonchev–Trinajstić information content (AvgIpc) is 3.32. The highest BCUT2D eigenvalue weighted by molar-refractivity contribution is 14.0. The number of anilines is 1. The topological polar surface area (TPSA) is 65.9 Å². The predicted molar refractivity (Wildman–Crippen MR) is 143 cm³/mol. The lowest BCUT2D eigenvalue weighted by atomic mass is 9.74. The molecule has 0 unspecified atom stereocenters. The number of ether oxygens (including phenoxy) is 1. The molecule has 1 aromatic carbocycles. The third-order valence-electron chi connectivity index (χ3n) is 6.33.